The Kier molecular flexibility index (Phi) is 5.41. The molecule has 0 unspecified atom stereocenters. The van der Waals surface area contributed by atoms with Crippen LogP contribution in [0.5, 0.6) is 0 Å². The summed E-state index contributed by atoms with van der Waals surface area (Å²) in [7, 11) is -3.21. The first-order chi connectivity index (χ1) is 11.5. The van der Waals surface area contributed by atoms with Gasteiger partial charge in [-0.2, -0.15) is 4.31 Å². The quantitative estimate of drug-likeness (QED) is 0.801. The predicted molar refractivity (Wildman–Crippen MR) is 97.2 cm³/mol. The van der Waals surface area contributed by atoms with Crippen molar-refractivity contribution in [3.8, 4) is 0 Å². The van der Waals surface area contributed by atoms with Crippen molar-refractivity contribution < 1.29 is 8.42 Å². The number of benzene rings is 1. The number of rotatable bonds is 6. The molecule has 1 aliphatic rings. The Hall–Kier alpha value is -1.59. The first-order valence-corrected chi connectivity index (χ1v) is 10.5. The molecule has 0 aliphatic heterocycles. The summed E-state index contributed by atoms with van der Waals surface area (Å²) in [5.41, 5.74) is 2.27. The summed E-state index contributed by atoms with van der Waals surface area (Å²) in [5.74, 6) is 0. The fourth-order valence-corrected chi connectivity index (χ4v) is 4.69. The topological polar surface area (TPSA) is 42.3 Å². The van der Waals surface area contributed by atoms with Crippen LogP contribution in [-0.4, -0.2) is 29.6 Å². The van der Waals surface area contributed by atoms with E-state index in [0.29, 0.717) is 6.54 Å². The molecule has 1 aromatic heterocycles. The van der Waals surface area contributed by atoms with Crippen molar-refractivity contribution in [3.63, 3.8) is 0 Å². The SMILES string of the molecule is CS(=O)(=O)N(Cc1cccn1Cc1ccccc1)C1CCCCC1. The zero-order valence-corrected chi connectivity index (χ0v) is 15.1. The van der Waals surface area contributed by atoms with E-state index in [0.717, 1.165) is 37.9 Å². The third kappa shape index (κ3) is 4.28. The minimum absolute atomic E-state index is 0.147. The highest BCUT2D eigenvalue weighted by atomic mass is 32.2. The molecule has 0 saturated heterocycles. The van der Waals surface area contributed by atoms with Crippen LogP contribution in [0, 0.1) is 0 Å². The number of hydrogen-bond acceptors (Lipinski definition) is 2. The second-order valence-electron chi connectivity index (χ2n) is 6.71. The van der Waals surface area contributed by atoms with Crippen molar-refractivity contribution in [1.29, 1.82) is 0 Å². The van der Waals surface area contributed by atoms with Gasteiger partial charge in [-0.05, 0) is 30.5 Å². The maximum atomic E-state index is 12.3. The molecular formula is C19H26N2O2S. The van der Waals surface area contributed by atoms with E-state index in [2.05, 4.69) is 16.7 Å². The zero-order chi connectivity index (χ0) is 17.0. The molecule has 2 aromatic rings. The molecule has 1 heterocycles. The molecule has 3 rings (SSSR count). The fraction of sp³-hybridized carbons (Fsp3) is 0.474. The molecule has 4 nitrogen and oxygen atoms in total. The molecule has 0 radical (unpaired) electrons. The largest absolute Gasteiger partial charge is 0.346 e. The number of hydrogen-bond donors (Lipinski definition) is 0. The van der Waals surface area contributed by atoms with Crippen LogP contribution in [0.25, 0.3) is 0 Å². The van der Waals surface area contributed by atoms with Gasteiger partial charge in [0.15, 0.2) is 0 Å². The van der Waals surface area contributed by atoms with Gasteiger partial charge >= 0.3 is 0 Å². The van der Waals surface area contributed by atoms with E-state index >= 15 is 0 Å². The van der Waals surface area contributed by atoms with Gasteiger partial charge in [-0.15, -0.1) is 0 Å². The summed E-state index contributed by atoms with van der Waals surface area (Å²) >= 11 is 0. The van der Waals surface area contributed by atoms with Crippen molar-refractivity contribution in [1.82, 2.24) is 8.87 Å². The summed E-state index contributed by atoms with van der Waals surface area (Å²) in [5, 5.41) is 0. The Morgan fingerprint density at radius 1 is 1.04 bits per heavy atom. The monoisotopic (exact) mass is 346 g/mol. The minimum atomic E-state index is -3.21. The lowest BCUT2D eigenvalue weighted by Crippen LogP contribution is -2.40. The van der Waals surface area contributed by atoms with Gasteiger partial charge < -0.3 is 4.57 Å². The maximum Gasteiger partial charge on any atom is 0.211 e. The normalized spacial score (nSPS) is 16.6. The molecule has 1 saturated carbocycles. The first-order valence-electron chi connectivity index (χ1n) is 8.69. The van der Waals surface area contributed by atoms with E-state index in [1.807, 2.05) is 36.5 Å². The van der Waals surface area contributed by atoms with Crippen molar-refractivity contribution >= 4 is 10.0 Å². The molecule has 0 N–H and O–H groups in total. The molecule has 1 aliphatic carbocycles. The van der Waals surface area contributed by atoms with Crippen LogP contribution in [0.2, 0.25) is 0 Å². The van der Waals surface area contributed by atoms with Gasteiger partial charge in [0.2, 0.25) is 10.0 Å². The third-order valence-electron chi connectivity index (χ3n) is 4.85. The van der Waals surface area contributed by atoms with Gasteiger partial charge in [0, 0.05) is 24.5 Å². The maximum absolute atomic E-state index is 12.3. The molecule has 0 amide bonds. The summed E-state index contributed by atoms with van der Waals surface area (Å²) in [6.07, 6.45) is 8.80. The van der Waals surface area contributed by atoms with E-state index in [-0.39, 0.29) is 6.04 Å². The van der Waals surface area contributed by atoms with Crippen molar-refractivity contribution in [2.75, 3.05) is 6.26 Å². The van der Waals surface area contributed by atoms with Crippen molar-refractivity contribution in [2.24, 2.45) is 0 Å². The highest BCUT2D eigenvalue weighted by Gasteiger charge is 2.28. The van der Waals surface area contributed by atoms with E-state index in [1.165, 1.54) is 18.2 Å². The van der Waals surface area contributed by atoms with Gasteiger partial charge in [0.1, 0.15) is 0 Å². The van der Waals surface area contributed by atoms with Crippen LogP contribution in [0.15, 0.2) is 48.7 Å². The van der Waals surface area contributed by atoms with Crippen LogP contribution >= 0.6 is 0 Å². The minimum Gasteiger partial charge on any atom is -0.346 e. The zero-order valence-electron chi connectivity index (χ0n) is 14.3. The van der Waals surface area contributed by atoms with Crippen LogP contribution in [-0.2, 0) is 23.1 Å². The Labute approximate surface area is 145 Å². The summed E-state index contributed by atoms with van der Waals surface area (Å²) in [4.78, 5) is 0. The average molecular weight is 346 g/mol. The van der Waals surface area contributed by atoms with Crippen LogP contribution in [0.4, 0.5) is 0 Å². The Bertz CT molecular complexity index is 747. The van der Waals surface area contributed by atoms with Crippen molar-refractivity contribution in [2.45, 2.75) is 51.2 Å². The molecule has 0 bridgehead atoms. The number of aromatic nitrogens is 1. The van der Waals surface area contributed by atoms with Crippen LogP contribution in [0.1, 0.15) is 43.4 Å². The molecule has 1 fully saturated rings. The summed E-state index contributed by atoms with van der Waals surface area (Å²) < 4.78 is 28.5. The molecule has 1 aromatic carbocycles. The van der Waals surface area contributed by atoms with Gasteiger partial charge in [0.05, 0.1) is 12.8 Å². The Morgan fingerprint density at radius 2 is 1.75 bits per heavy atom. The Balaban J connectivity index is 1.79. The molecule has 24 heavy (non-hydrogen) atoms. The fourth-order valence-electron chi connectivity index (χ4n) is 3.57. The van der Waals surface area contributed by atoms with Crippen LogP contribution in [0.3, 0.4) is 0 Å². The van der Waals surface area contributed by atoms with Crippen molar-refractivity contribution in [3.05, 3.63) is 59.9 Å². The molecule has 0 spiro atoms. The summed E-state index contributed by atoms with van der Waals surface area (Å²) in [6, 6.07) is 14.4. The molecular weight excluding hydrogens is 320 g/mol. The highest BCUT2D eigenvalue weighted by molar-refractivity contribution is 7.88. The van der Waals surface area contributed by atoms with E-state index in [9.17, 15) is 8.42 Å². The molecule has 5 heteroatoms. The van der Waals surface area contributed by atoms with Crippen LogP contribution < -0.4 is 0 Å². The molecule has 0 atom stereocenters. The number of sulfonamides is 1. The van der Waals surface area contributed by atoms with Gasteiger partial charge in [0.25, 0.3) is 0 Å². The van der Waals surface area contributed by atoms with Gasteiger partial charge in [-0.3, -0.25) is 0 Å². The van der Waals surface area contributed by atoms with E-state index in [4.69, 9.17) is 0 Å². The second-order valence-corrected chi connectivity index (χ2v) is 8.65. The second kappa shape index (κ2) is 7.53. The van der Waals surface area contributed by atoms with Gasteiger partial charge in [-0.1, -0.05) is 49.6 Å². The van der Waals surface area contributed by atoms with E-state index < -0.39 is 10.0 Å². The van der Waals surface area contributed by atoms with Gasteiger partial charge in [-0.25, -0.2) is 8.42 Å². The Morgan fingerprint density at radius 3 is 2.42 bits per heavy atom. The van der Waals surface area contributed by atoms with E-state index in [1.54, 1.807) is 4.31 Å². The third-order valence-corrected chi connectivity index (χ3v) is 6.12. The lowest BCUT2D eigenvalue weighted by atomic mass is 9.95. The highest BCUT2D eigenvalue weighted by Crippen LogP contribution is 2.26. The smallest absolute Gasteiger partial charge is 0.211 e. The predicted octanol–water partition coefficient (Wildman–Crippen LogP) is 3.63. The average Bonchev–Trinajstić information content (AvgIpc) is 3.00. The lowest BCUT2D eigenvalue weighted by molar-refractivity contribution is 0.245. The standard InChI is InChI=1S/C19H26N2O2S/c1-24(22,23)21(18-11-6-3-7-12-18)16-19-13-8-14-20(19)15-17-9-4-2-5-10-17/h2,4-5,8-10,13-14,18H,3,6-7,11-12,15-16H2,1H3. The molecule has 130 valence electrons. The number of nitrogens with zero attached hydrogens (tertiary/aromatic N) is 2. The summed E-state index contributed by atoms with van der Waals surface area (Å²) in [6.45, 7) is 1.23. The first kappa shape index (κ1) is 17.2. The lowest BCUT2D eigenvalue weighted by Gasteiger charge is -2.32.